The van der Waals surface area contributed by atoms with Crippen molar-refractivity contribution >= 4 is 10.9 Å². The Morgan fingerprint density at radius 2 is 2.00 bits per heavy atom. The normalized spacial score (nSPS) is 11.1. The molecule has 0 saturated carbocycles. The number of hydrogen-bond acceptors (Lipinski definition) is 2. The highest BCUT2D eigenvalue weighted by molar-refractivity contribution is 5.82. The van der Waals surface area contributed by atoms with Crippen LogP contribution in [0.3, 0.4) is 0 Å². The lowest BCUT2D eigenvalue weighted by Crippen LogP contribution is -2.19. The van der Waals surface area contributed by atoms with Crippen LogP contribution in [0.25, 0.3) is 10.9 Å². The van der Waals surface area contributed by atoms with Gasteiger partial charge in [-0.05, 0) is 37.4 Å². The van der Waals surface area contributed by atoms with Gasteiger partial charge in [-0.2, -0.15) is 0 Å². The molecule has 3 heteroatoms. The average Bonchev–Trinajstić information content (AvgIpc) is 2.77. The number of unbranched alkanes of at least 4 members (excludes halogenated alkanes) is 1. The van der Waals surface area contributed by atoms with Crippen LogP contribution in [0, 0.1) is 0 Å². The first-order valence-electron chi connectivity index (χ1n) is 6.28. The van der Waals surface area contributed by atoms with E-state index in [-0.39, 0.29) is 6.61 Å². The van der Waals surface area contributed by atoms with Gasteiger partial charge >= 0.3 is 0 Å². The van der Waals surface area contributed by atoms with E-state index in [0.717, 1.165) is 19.4 Å². The van der Waals surface area contributed by atoms with Crippen LogP contribution in [0.15, 0.2) is 30.5 Å². The van der Waals surface area contributed by atoms with Crippen LogP contribution in [-0.2, 0) is 6.42 Å². The second kappa shape index (κ2) is 6.42. The van der Waals surface area contributed by atoms with Crippen LogP contribution in [0.4, 0.5) is 0 Å². The van der Waals surface area contributed by atoms with Crippen molar-refractivity contribution in [2.45, 2.75) is 19.3 Å². The molecule has 0 unspecified atom stereocenters. The number of fused-ring (bicyclic) bond motifs is 1. The Balaban J connectivity index is 1.79. The molecule has 1 aromatic carbocycles. The highest BCUT2D eigenvalue weighted by Gasteiger charge is 2.01. The Kier molecular flexibility index (Phi) is 4.59. The van der Waals surface area contributed by atoms with Gasteiger partial charge in [-0.1, -0.05) is 18.2 Å². The molecule has 0 aliphatic carbocycles. The molecule has 92 valence electrons. The topological polar surface area (TPSA) is 48.0 Å². The Morgan fingerprint density at radius 1 is 1.12 bits per heavy atom. The fraction of sp³-hybridized carbons (Fsp3) is 0.429. The maximum absolute atomic E-state index is 8.62. The zero-order chi connectivity index (χ0) is 11.9. The second-order valence-corrected chi connectivity index (χ2v) is 4.29. The van der Waals surface area contributed by atoms with Crippen LogP contribution in [0.2, 0.25) is 0 Å². The molecule has 0 radical (unpaired) electrons. The quantitative estimate of drug-likeness (QED) is 0.640. The molecule has 0 aliphatic rings. The molecule has 0 atom stereocenters. The maximum atomic E-state index is 8.62. The van der Waals surface area contributed by atoms with Gasteiger partial charge in [-0.15, -0.1) is 0 Å². The lowest BCUT2D eigenvalue weighted by molar-refractivity contribution is 0.292. The smallest absolute Gasteiger partial charge is 0.0555 e. The Hall–Kier alpha value is -1.32. The lowest BCUT2D eigenvalue weighted by Gasteiger charge is -2.02. The van der Waals surface area contributed by atoms with Gasteiger partial charge in [0.1, 0.15) is 0 Å². The second-order valence-electron chi connectivity index (χ2n) is 4.29. The molecule has 0 spiro atoms. The fourth-order valence-electron chi connectivity index (χ4n) is 2.11. The van der Waals surface area contributed by atoms with Crippen LogP contribution < -0.4 is 5.32 Å². The van der Waals surface area contributed by atoms with Gasteiger partial charge in [0.25, 0.3) is 0 Å². The van der Waals surface area contributed by atoms with Gasteiger partial charge in [-0.3, -0.25) is 0 Å². The van der Waals surface area contributed by atoms with Gasteiger partial charge in [0.2, 0.25) is 0 Å². The molecular formula is C14H20N2O. The predicted molar refractivity (Wildman–Crippen MR) is 71.2 cm³/mol. The molecule has 1 aromatic heterocycles. The molecule has 3 nitrogen and oxygen atoms in total. The zero-order valence-electron chi connectivity index (χ0n) is 10.1. The van der Waals surface area contributed by atoms with E-state index in [1.807, 2.05) is 0 Å². The Bertz CT molecular complexity index is 450. The predicted octanol–water partition coefficient (Wildman–Crippen LogP) is 2.07. The van der Waals surface area contributed by atoms with E-state index in [4.69, 9.17) is 5.11 Å². The highest BCUT2D eigenvalue weighted by atomic mass is 16.3. The minimum atomic E-state index is 0.225. The summed E-state index contributed by atoms with van der Waals surface area (Å²) >= 11 is 0. The minimum Gasteiger partial charge on any atom is -0.395 e. The number of aromatic nitrogens is 1. The summed E-state index contributed by atoms with van der Waals surface area (Å²) in [4.78, 5) is 3.30. The maximum Gasteiger partial charge on any atom is 0.0555 e. The van der Waals surface area contributed by atoms with Crippen molar-refractivity contribution in [1.82, 2.24) is 10.3 Å². The molecule has 0 saturated heterocycles. The van der Waals surface area contributed by atoms with Crippen molar-refractivity contribution in [2.24, 2.45) is 0 Å². The summed E-state index contributed by atoms with van der Waals surface area (Å²) in [6.07, 6.45) is 5.57. The number of H-pyrrole nitrogens is 1. The third-order valence-electron chi connectivity index (χ3n) is 3.01. The Labute approximate surface area is 102 Å². The van der Waals surface area contributed by atoms with E-state index in [1.54, 1.807) is 0 Å². The number of benzene rings is 1. The number of aliphatic hydroxyl groups is 1. The van der Waals surface area contributed by atoms with Gasteiger partial charge < -0.3 is 15.4 Å². The van der Waals surface area contributed by atoms with Gasteiger partial charge in [0, 0.05) is 23.6 Å². The molecular weight excluding hydrogens is 212 g/mol. The monoisotopic (exact) mass is 232 g/mol. The summed E-state index contributed by atoms with van der Waals surface area (Å²) in [6.45, 7) is 1.92. The minimum absolute atomic E-state index is 0.225. The highest BCUT2D eigenvalue weighted by Crippen LogP contribution is 2.19. The van der Waals surface area contributed by atoms with Gasteiger partial charge in [0.05, 0.1) is 6.61 Å². The lowest BCUT2D eigenvalue weighted by atomic mass is 10.1. The zero-order valence-corrected chi connectivity index (χ0v) is 10.1. The van der Waals surface area contributed by atoms with Gasteiger partial charge in [0.15, 0.2) is 0 Å². The van der Waals surface area contributed by atoms with Crippen LogP contribution in [-0.4, -0.2) is 29.8 Å². The number of para-hydroxylation sites is 1. The Morgan fingerprint density at radius 3 is 2.88 bits per heavy atom. The summed E-state index contributed by atoms with van der Waals surface area (Å²) in [7, 11) is 0. The number of aliphatic hydroxyl groups excluding tert-OH is 1. The molecule has 2 aromatic rings. The van der Waals surface area contributed by atoms with Crippen molar-refractivity contribution in [3.05, 3.63) is 36.0 Å². The van der Waals surface area contributed by atoms with Crippen LogP contribution >= 0.6 is 0 Å². The fourth-order valence-corrected chi connectivity index (χ4v) is 2.11. The number of aryl methyl sites for hydroxylation is 1. The van der Waals surface area contributed by atoms with E-state index in [0.29, 0.717) is 6.54 Å². The summed E-state index contributed by atoms with van der Waals surface area (Å²) in [6, 6.07) is 8.43. The molecule has 3 N–H and O–H groups in total. The SMILES string of the molecule is OCCNCCCCc1c[nH]c2ccccc12. The molecule has 0 aliphatic heterocycles. The van der Waals surface area contributed by atoms with E-state index >= 15 is 0 Å². The number of aromatic amines is 1. The number of nitrogens with one attached hydrogen (secondary N) is 2. The van der Waals surface area contributed by atoms with Crippen molar-refractivity contribution in [3.63, 3.8) is 0 Å². The third-order valence-corrected chi connectivity index (χ3v) is 3.01. The average molecular weight is 232 g/mol. The van der Waals surface area contributed by atoms with E-state index in [2.05, 4.69) is 40.8 Å². The standard InChI is InChI=1S/C14H20N2O/c17-10-9-15-8-4-3-5-12-11-16-14-7-2-1-6-13(12)14/h1-2,6-7,11,15-17H,3-5,8-10H2. The van der Waals surface area contributed by atoms with Crippen molar-refractivity contribution in [2.75, 3.05) is 19.7 Å². The summed E-state index contributed by atoms with van der Waals surface area (Å²) < 4.78 is 0. The molecule has 17 heavy (non-hydrogen) atoms. The molecule has 0 amide bonds. The first kappa shape index (κ1) is 12.1. The summed E-state index contributed by atoms with van der Waals surface area (Å²) in [5, 5.41) is 13.2. The molecule has 1 heterocycles. The van der Waals surface area contributed by atoms with Crippen LogP contribution in [0.1, 0.15) is 18.4 Å². The van der Waals surface area contributed by atoms with Crippen LogP contribution in [0.5, 0.6) is 0 Å². The van der Waals surface area contributed by atoms with Crippen molar-refractivity contribution < 1.29 is 5.11 Å². The third kappa shape index (κ3) is 3.32. The van der Waals surface area contributed by atoms with E-state index in [1.165, 1.54) is 22.9 Å². The number of hydrogen-bond donors (Lipinski definition) is 3. The first-order valence-corrected chi connectivity index (χ1v) is 6.28. The first-order chi connectivity index (χ1) is 8.42. The van der Waals surface area contributed by atoms with E-state index < -0.39 is 0 Å². The molecule has 0 bridgehead atoms. The van der Waals surface area contributed by atoms with Gasteiger partial charge in [-0.25, -0.2) is 0 Å². The summed E-state index contributed by atoms with van der Waals surface area (Å²) in [5.41, 5.74) is 2.63. The number of rotatable bonds is 7. The van der Waals surface area contributed by atoms with Crippen molar-refractivity contribution in [1.29, 1.82) is 0 Å². The molecule has 2 rings (SSSR count). The largest absolute Gasteiger partial charge is 0.395 e. The molecule has 0 fully saturated rings. The van der Waals surface area contributed by atoms with E-state index in [9.17, 15) is 0 Å². The van der Waals surface area contributed by atoms with Crippen molar-refractivity contribution in [3.8, 4) is 0 Å². The summed E-state index contributed by atoms with van der Waals surface area (Å²) in [5.74, 6) is 0.